The van der Waals surface area contributed by atoms with Gasteiger partial charge >= 0.3 is 0 Å². The fourth-order valence-corrected chi connectivity index (χ4v) is 4.64. The van der Waals surface area contributed by atoms with Crippen LogP contribution in [0.5, 0.6) is 11.5 Å². The summed E-state index contributed by atoms with van der Waals surface area (Å²) in [5, 5.41) is 0. The fraction of sp³-hybridized carbons (Fsp3) is 0.400. The van der Waals surface area contributed by atoms with Crippen molar-refractivity contribution >= 4 is 0 Å². The molecule has 5 heteroatoms. The lowest BCUT2D eigenvalue weighted by atomic mass is 9.79. The lowest BCUT2D eigenvalue weighted by Crippen LogP contribution is -2.13. The average Bonchev–Trinajstić information content (AvgIpc) is 2.87. The third-order valence-electron chi connectivity index (χ3n) is 6.90. The van der Waals surface area contributed by atoms with Gasteiger partial charge in [0.1, 0.15) is 12.4 Å². The molecule has 186 valence electrons. The molecular weight excluding hydrogens is 449 g/mol. The topological polar surface area (TPSA) is 18.5 Å². The lowest BCUT2D eigenvalue weighted by molar-refractivity contribution is 0.286. The zero-order chi connectivity index (χ0) is 24.8. The third-order valence-corrected chi connectivity index (χ3v) is 6.90. The number of benzene rings is 3. The summed E-state index contributed by atoms with van der Waals surface area (Å²) in [5.41, 5.74) is 2.20. The van der Waals surface area contributed by atoms with E-state index >= 15 is 0 Å². The molecule has 0 N–H and O–H groups in total. The van der Waals surface area contributed by atoms with Gasteiger partial charge in [-0.25, -0.2) is 13.2 Å². The minimum absolute atomic E-state index is 0.0936. The first-order valence-corrected chi connectivity index (χ1v) is 12.6. The van der Waals surface area contributed by atoms with E-state index in [9.17, 15) is 13.2 Å². The molecule has 1 fully saturated rings. The van der Waals surface area contributed by atoms with Crippen molar-refractivity contribution in [1.82, 2.24) is 0 Å². The van der Waals surface area contributed by atoms with E-state index in [2.05, 4.69) is 6.92 Å². The van der Waals surface area contributed by atoms with Crippen LogP contribution in [0.25, 0.3) is 11.1 Å². The summed E-state index contributed by atoms with van der Waals surface area (Å²) in [7, 11) is 0. The Morgan fingerprint density at radius 1 is 0.829 bits per heavy atom. The van der Waals surface area contributed by atoms with E-state index in [1.54, 1.807) is 36.4 Å². The molecular formula is C30H33F3O2. The van der Waals surface area contributed by atoms with E-state index < -0.39 is 17.5 Å². The van der Waals surface area contributed by atoms with E-state index in [0.717, 1.165) is 44.1 Å². The van der Waals surface area contributed by atoms with E-state index in [0.29, 0.717) is 29.4 Å². The quantitative estimate of drug-likeness (QED) is 0.284. The van der Waals surface area contributed by atoms with Crippen LogP contribution in [0.15, 0.2) is 54.6 Å². The molecule has 1 aliphatic carbocycles. The summed E-state index contributed by atoms with van der Waals surface area (Å²) >= 11 is 0. The van der Waals surface area contributed by atoms with Gasteiger partial charge in [0, 0.05) is 11.6 Å². The zero-order valence-corrected chi connectivity index (χ0v) is 20.5. The fourth-order valence-electron chi connectivity index (χ4n) is 4.64. The van der Waals surface area contributed by atoms with Crippen LogP contribution in [0.1, 0.15) is 69.4 Å². The maximum atomic E-state index is 15.0. The summed E-state index contributed by atoms with van der Waals surface area (Å²) < 4.78 is 55.2. The monoisotopic (exact) mass is 482 g/mol. The smallest absolute Gasteiger partial charge is 0.168 e. The van der Waals surface area contributed by atoms with Crippen LogP contribution in [-0.4, -0.2) is 6.61 Å². The molecule has 2 nitrogen and oxygen atoms in total. The average molecular weight is 483 g/mol. The summed E-state index contributed by atoms with van der Waals surface area (Å²) in [6, 6.07) is 15.1. The van der Waals surface area contributed by atoms with Crippen LogP contribution in [0.4, 0.5) is 13.2 Å². The highest BCUT2D eigenvalue weighted by Gasteiger charge is 2.25. The first-order valence-electron chi connectivity index (χ1n) is 12.6. The molecule has 0 amide bonds. The second-order valence-corrected chi connectivity index (χ2v) is 9.57. The first kappa shape index (κ1) is 25.2. The van der Waals surface area contributed by atoms with Gasteiger partial charge in [0.15, 0.2) is 23.2 Å². The highest BCUT2D eigenvalue weighted by molar-refractivity contribution is 5.65. The van der Waals surface area contributed by atoms with Gasteiger partial charge in [-0.2, -0.15) is 0 Å². The molecule has 0 unspecified atom stereocenters. The van der Waals surface area contributed by atoms with Crippen LogP contribution < -0.4 is 9.47 Å². The Balaban J connectivity index is 1.39. The Bertz CT molecular complexity index is 1120. The molecule has 35 heavy (non-hydrogen) atoms. The molecule has 1 saturated carbocycles. The van der Waals surface area contributed by atoms with Crippen LogP contribution in [0, 0.1) is 23.4 Å². The molecule has 0 saturated heterocycles. The standard InChI is InChI=1S/C30H33F3O2/c1-3-4-17-34-28-16-13-24(18-27(28)31)35-19-21-7-11-23(12-8-21)26-15-14-25(29(32)30(26)33)22-9-5-20(2)6-10-22/h7-8,11-16,18,20,22H,3-6,9-10,17,19H2,1-2H3. The zero-order valence-electron chi connectivity index (χ0n) is 20.5. The van der Waals surface area contributed by atoms with Gasteiger partial charge in [0.25, 0.3) is 0 Å². The predicted molar refractivity (Wildman–Crippen MR) is 133 cm³/mol. The van der Waals surface area contributed by atoms with Crippen molar-refractivity contribution in [3.63, 3.8) is 0 Å². The summed E-state index contributed by atoms with van der Waals surface area (Å²) in [5.74, 6) is -0.609. The van der Waals surface area contributed by atoms with Crippen molar-refractivity contribution in [1.29, 1.82) is 0 Å². The maximum absolute atomic E-state index is 15.0. The van der Waals surface area contributed by atoms with Gasteiger partial charge in [-0.15, -0.1) is 0 Å². The molecule has 1 aliphatic rings. The number of halogens is 3. The van der Waals surface area contributed by atoms with Gasteiger partial charge in [0.2, 0.25) is 0 Å². The minimum atomic E-state index is -0.790. The van der Waals surface area contributed by atoms with Crippen molar-refractivity contribution in [2.45, 2.75) is 64.9 Å². The number of unbranched alkanes of at least 4 members (excludes halogenated alkanes) is 1. The second kappa shape index (κ2) is 11.7. The molecule has 0 aromatic heterocycles. The van der Waals surface area contributed by atoms with Gasteiger partial charge in [-0.3, -0.25) is 0 Å². The minimum Gasteiger partial charge on any atom is -0.491 e. The summed E-state index contributed by atoms with van der Waals surface area (Å²) in [6.45, 7) is 4.97. The van der Waals surface area contributed by atoms with Crippen molar-refractivity contribution < 1.29 is 22.6 Å². The normalized spacial score (nSPS) is 17.9. The molecule has 3 aromatic carbocycles. The van der Waals surface area contributed by atoms with Crippen molar-refractivity contribution in [2.75, 3.05) is 6.61 Å². The molecule has 0 radical (unpaired) electrons. The molecule has 0 aliphatic heterocycles. The Hall–Kier alpha value is -2.95. The SMILES string of the molecule is CCCCOc1ccc(OCc2ccc(-c3ccc(C4CCC(C)CC4)c(F)c3F)cc2)cc1F. The molecule has 4 rings (SSSR count). The Labute approximate surface area is 206 Å². The van der Waals surface area contributed by atoms with Gasteiger partial charge in [-0.05, 0) is 59.9 Å². The second-order valence-electron chi connectivity index (χ2n) is 9.57. The lowest BCUT2D eigenvalue weighted by Gasteiger charge is -2.27. The van der Waals surface area contributed by atoms with Crippen molar-refractivity contribution in [3.8, 4) is 22.6 Å². The third kappa shape index (κ3) is 6.19. The predicted octanol–water partition coefficient (Wildman–Crippen LogP) is 8.82. The first-order chi connectivity index (χ1) is 17.0. The van der Waals surface area contributed by atoms with Crippen molar-refractivity contribution in [3.05, 3.63) is 83.2 Å². The van der Waals surface area contributed by atoms with Crippen LogP contribution in [0.2, 0.25) is 0 Å². The molecule has 0 bridgehead atoms. The van der Waals surface area contributed by atoms with Gasteiger partial charge in [0.05, 0.1) is 6.61 Å². The van der Waals surface area contributed by atoms with Crippen LogP contribution in [-0.2, 0) is 6.61 Å². The largest absolute Gasteiger partial charge is 0.491 e. The van der Waals surface area contributed by atoms with E-state index in [-0.39, 0.29) is 23.8 Å². The van der Waals surface area contributed by atoms with Crippen LogP contribution in [0.3, 0.4) is 0 Å². The summed E-state index contributed by atoms with van der Waals surface area (Å²) in [6.07, 6.45) is 5.78. The van der Waals surface area contributed by atoms with Crippen LogP contribution >= 0.6 is 0 Å². The number of hydrogen-bond donors (Lipinski definition) is 0. The van der Waals surface area contributed by atoms with E-state index in [1.165, 1.54) is 6.07 Å². The van der Waals surface area contributed by atoms with Crippen molar-refractivity contribution in [2.24, 2.45) is 5.92 Å². The van der Waals surface area contributed by atoms with E-state index in [1.807, 2.05) is 19.1 Å². The number of rotatable bonds is 9. The molecule has 0 spiro atoms. The highest BCUT2D eigenvalue weighted by Crippen LogP contribution is 2.38. The maximum Gasteiger partial charge on any atom is 0.168 e. The molecule has 0 atom stereocenters. The van der Waals surface area contributed by atoms with Gasteiger partial charge < -0.3 is 9.47 Å². The Morgan fingerprint density at radius 3 is 2.26 bits per heavy atom. The highest BCUT2D eigenvalue weighted by atomic mass is 19.2. The molecule has 0 heterocycles. The van der Waals surface area contributed by atoms with Gasteiger partial charge in [-0.1, -0.05) is 69.5 Å². The Morgan fingerprint density at radius 2 is 1.57 bits per heavy atom. The van der Waals surface area contributed by atoms with E-state index in [4.69, 9.17) is 9.47 Å². The molecule has 3 aromatic rings. The number of hydrogen-bond acceptors (Lipinski definition) is 2. The number of ether oxygens (including phenoxy) is 2. The Kier molecular flexibility index (Phi) is 8.37. The summed E-state index contributed by atoms with van der Waals surface area (Å²) in [4.78, 5) is 0.